The third-order valence-electron chi connectivity index (χ3n) is 2.29. The van der Waals surface area contributed by atoms with Crippen LogP contribution in [0.2, 0.25) is 0 Å². The largest absolute Gasteiger partial charge is 0.306 e. The van der Waals surface area contributed by atoms with Crippen LogP contribution < -0.4 is 0 Å². The summed E-state index contributed by atoms with van der Waals surface area (Å²) in [6.45, 7) is 10.2. The lowest BCUT2D eigenvalue weighted by molar-refractivity contribution is 0.781. The van der Waals surface area contributed by atoms with Gasteiger partial charge in [0.25, 0.3) is 0 Å². The van der Waals surface area contributed by atoms with Crippen LogP contribution in [-0.4, -0.2) is 9.55 Å². The Morgan fingerprint density at radius 2 is 2.20 bits per heavy atom. The van der Waals surface area contributed by atoms with Gasteiger partial charge in [0.1, 0.15) is 0 Å². The molecule has 1 aromatic heterocycles. The van der Waals surface area contributed by atoms with Crippen molar-refractivity contribution in [3.63, 3.8) is 0 Å². The molecule has 2 heteroatoms. The van der Waals surface area contributed by atoms with E-state index in [-0.39, 0.29) is 0 Å². The van der Waals surface area contributed by atoms with Crippen LogP contribution in [0.4, 0.5) is 0 Å². The Morgan fingerprint density at radius 3 is 2.60 bits per heavy atom. The summed E-state index contributed by atoms with van der Waals surface area (Å²) in [5, 5.41) is 0. The van der Waals surface area contributed by atoms with Crippen molar-refractivity contribution in [2.45, 2.75) is 20.8 Å². The van der Waals surface area contributed by atoms with Crippen LogP contribution in [-0.2, 0) is 0 Å². The van der Waals surface area contributed by atoms with E-state index < -0.39 is 0 Å². The van der Waals surface area contributed by atoms with E-state index in [1.165, 1.54) is 5.57 Å². The van der Waals surface area contributed by atoms with E-state index in [0.29, 0.717) is 5.92 Å². The van der Waals surface area contributed by atoms with Gasteiger partial charge in [-0.25, -0.2) is 4.98 Å². The minimum Gasteiger partial charge on any atom is -0.306 e. The van der Waals surface area contributed by atoms with Crippen molar-refractivity contribution in [2.75, 3.05) is 0 Å². The third-order valence-corrected chi connectivity index (χ3v) is 2.29. The van der Waals surface area contributed by atoms with E-state index in [9.17, 15) is 0 Å². The molecule has 0 spiro atoms. The lowest BCUT2D eigenvalue weighted by Crippen LogP contribution is -2.03. The predicted molar refractivity (Wildman–Crippen MR) is 65.3 cm³/mol. The Bertz CT molecular complexity index is 367. The number of nitrogens with zero attached hydrogens (tertiary/aromatic N) is 2. The zero-order chi connectivity index (χ0) is 11.3. The van der Waals surface area contributed by atoms with Crippen LogP contribution >= 0.6 is 0 Å². The van der Waals surface area contributed by atoms with Gasteiger partial charge >= 0.3 is 0 Å². The van der Waals surface area contributed by atoms with Gasteiger partial charge in [-0.05, 0) is 24.5 Å². The molecule has 1 aromatic rings. The molecule has 0 fully saturated rings. The highest BCUT2D eigenvalue weighted by Crippen LogP contribution is 2.23. The zero-order valence-electron chi connectivity index (χ0n) is 9.64. The number of imidazole rings is 1. The van der Waals surface area contributed by atoms with Gasteiger partial charge in [-0.1, -0.05) is 32.6 Å². The van der Waals surface area contributed by atoms with Gasteiger partial charge in [-0.3, -0.25) is 0 Å². The van der Waals surface area contributed by atoms with E-state index in [2.05, 4.69) is 38.4 Å². The fraction of sp³-hybridized carbons (Fsp3) is 0.308. The summed E-state index contributed by atoms with van der Waals surface area (Å²) < 4.78 is 2.01. The standard InChI is InChI=1S/C13H18N2/c1-5-7-13(12(6-2)11(3)4)15-9-8-14-10-15/h5-11H,1H2,2-4H3/b12-6-,13-7+. The highest BCUT2D eigenvalue weighted by molar-refractivity contribution is 5.66. The van der Waals surface area contributed by atoms with Crippen LogP contribution in [0.15, 0.2) is 49.1 Å². The molecule has 80 valence electrons. The second kappa shape index (κ2) is 5.35. The number of rotatable bonds is 4. The van der Waals surface area contributed by atoms with Crippen molar-refractivity contribution in [3.8, 4) is 0 Å². The van der Waals surface area contributed by atoms with Crippen molar-refractivity contribution < 1.29 is 0 Å². The number of allylic oxidation sites excluding steroid dienone is 5. The second-order valence-electron chi connectivity index (χ2n) is 3.66. The van der Waals surface area contributed by atoms with Gasteiger partial charge in [0, 0.05) is 18.1 Å². The Balaban J connectivity index is 3.15. The van der Waals surface area contributed by atoms with Crippen molar-refractivity contribution in [1.82, 2.24) is 9.55 Å². The van der Waals surface area contributed by atoms with Crippen molar-refractivity contribution in [2.24, 2.45) is 5.92 Å². The number of hydrogen-bond donors (Lipinski definition) is 0. The molecule has 0 amide bonds. The average molecular weight is 202 g/mol. The molecule has 0 aliphatic carbocycles. The summed E-state index contributed by atoms with van der Waals surface area (Å²) in [6.07, 6.45) is 11.5. The minimum absolute atomic E-state index is 0.489. The fourth-order valence-electron chi connectivity index (χ4n) is 1.62. The smallest absolute Gasteiger partial charge is 0.0991 e. The first kappa shape index (κ1) is 11.5. The summed E-state index contributed by atoms with van der Waals surface area (Å²) in [6, 6.07) is 0. The summed E-state index contributed by atoms with van der Waals surface area (Å²) >= 11 is 0. The van der Waals surface area contributed by atoms with Crippen molar-refractivity contribution in [3.05, 3.63) is 49.1 Å². The molecule has 1 heterocycles. The van der Waals surface area contributed by atoms with Crippen LogP contribution in [0, 0.1) is 5.92 Å². The first-order valence-corrected chi connectivity index (χ1v) is 5.18. The molecule has 0 aliphatic heterocycles. The van der Waals surface area contributed by atoms with Gasteiger partial charge in [-0.2, -0.15) is 0 Å². The Hall–Kier alpha value is -1.57. The third kappa shape index (κ3) is 2.69. The minimum atomic E-state index is 0.489. The molecular weight excluding hydrogens is 184 g/mol. The highest BCUT2D eigenvalue weighted by Gasteiger charge is 2.09. The summed E-state index contributed by atoms with van der Waals surface area (Å²) in [4.78, 5) is 4.06. The first-order valence-electron chi connectivity index (χ1n) is 5.18. The summed E-state index contributed by atoms with van der Waals surface area (Å²) in [5.74, 6) is 0.489. The number of hydrogen-bond acceptors (Lipinski definition) is 1. The van der Waals surface area contributed by atoms with E-state index in [4.69, 9.17) is 0 Å². The molecular formula is C13H18N2. The molecule has 15 heavy (non-hydrogen) atoms. The summed E-state index contributed by atoms with van der Waals surface area (Å²) in [7, 11) is 0. The van der Waals surface area contributed by atoms with E-state index in [0.717, 1.165) is 5.70 Å². The van der Waals surface area contributed by atoms with Crippen LogP contribution in [0.5, 0.6) is 0 Å². The first-order chi connectivity index (χ1) is 7.20. The molecule has 0 unspecified atom stereocenters. The molecule has 0 atom stereocenters. The van der Waals surface area contributed by atoms with E-state index in [1.807, 2.05) is 16.8 Å². The zero-order valence-corrected chi connectivity index (χ0v) is 9.64. The molecule has 0 bridgehead atoms. The Morgan fingerprint density at radius 1 is 1.47 bits per heavy atom. The second-order valence-corrected chi connectivity index (χ2v) is 3.66. The molecule has 0 radical (unpaired) electrons. The van der Waals surface area contributed by atoms with E-state index >= 15 is 0 Å². The number of aromatic nitrogens is 2. The van der Waals surface area contributed by atoms with Crippen LogP contribution in [0.3, 0.4) is 0 Å². The SMILES string of the molecule is C=C/C=C(\C(=C/C)C(C)C)n1ccnc1. The maximum atomic E-state index is 4.06. The van der Waals surface area contributed by atoms with Crippen molar-refractivity contribution >= 4 is 5.70 Å². The molecule has 0 saturated carbocycles. The fourth-order valence-corrected chi connectivity index (χ4v) is 1.62. The molecule has 1 rings (SSSR count). The van der Waals surface area contributed by atoms with Crippen LogP contribution in [0.1, 0.15) is 20.8 Å². The molecule has 0 N–H and O–H groups in total. The monoisotopic (exact) mass is 202 g/mol. The van der Waals surface area contributed by atoms with E-state index in [1.54, 1.807) is 18.6 Å². The van der Waals surface area contributed by atoms with Crippen molar-refractivity contribution in [1.29, 1.82) is 0 Å². The lowest BCUT2D eigenvalue weighted by atomic mass is 9.99. The van der Waals surface area contributed by atoms with Gasteiger partial charge in [0.2, 0.25) is 0 Å². The molecule has 0 saturated heterocycles. The quantitative estimate of drug-likeness (QED) is 0.683. The van der Waals surface area contributed by atoms with Gasteiger partial charge in [-0.15, -0.1) is 0 Å². The highest BCUT2D eigenvalue weighted by atomic mass is 15.0. The Kier molecular flexibility index (Phi) is 4.10. The van der Waals surface area contributed by atoms with Gasteiger partial charge in [0.15, 0.2) is 0 Å². The maximum Gasteiger partial charge on any atom is 0.0991 e. The van der Waals surface area contributed by atoms with Crippen LogP contribution in [0.25, 0.3) is 5.70 Å². The average Bonchev–Trinajstić information content (AvgIpc) is 2.69. The predicted octanol–water partition coefficient (Wildman–Crippen LogP) is 3.51. The topological polar surface area (TPSA) is 17.8 Å². The Labute approximate surface area is 91.7 Å². The van der Waals surface area contributed by atoms with Gasteiger partial charge < -0.3 is 4.57 Å². The normalized spacial score (nSPS) is 13.3. The molecule has 2 nitrogen and oxygen atoms in total. The van der Waals surface area contributed by atoms with Gasteiger partial charge in [0.05, 0.1) is 6.33 Å². The molecule has 0 aromatic carbocycles. The summed E-state index contributed by atoms with van der Waals surface area (Å²) in [5.41, 5.74) is 2.44. The molecule has 0 aliphatic rings. The lowest BCUT2D eigenvalue weighted by Gasteiger charge is -2.15. The maximum absolute atomic E-state index is 4.06.